The van der Waals surface area contributed by atoms with Crippen molar-refractivity contribution in [3.8, 4) is 74.1 Å². The van der Waals surface area contributed by atoms with Gasteiger partial charge in [0.05, 0.1) is 73.8 Å². The molecule has 11 aromatic rings. The highest BCUT2D eigenvalue weighted by atomic mass is 19.4. The number of alkyl halides is 6. The summed E-state index contributed by atoms with van der Waals surface area (Å²) < 4.78 is 93.1. The molecule has 0 aliphatic heterocycles. The summed E-state index contributed by atoms with van der Waals surface area (Å²) >= 11 is 0. The lowest BCUT2D eigenvalue weighted by Crippen LogP contribution is -2.14. The summed E-state index contributed by atoms with van der Waals surface area (Å²) in [5.74, 6) is 0. The molecular weight excluding hydrogens is 893 g/mol. The van der Waals surface area contributed by atoms with Crippen LogP contribution in [0.5, 0.6) is 0 Å². The first-order valence-electron chi connectivity index (χ1n) is 21.9. The van der Waals surface area contributed by atoms with Crippen molar-refractivity contribution in [1.82, 2.24) is 9.13 Å². The summed E-state index contributed by atoms with van der Waals surface area (Å²) in [6.07, 6.45) is -10.3. The number of hydrogen-bond acceptors (Lipinski definition) is 3. The fourth-order valence-corrected chi connectivity index (χ4v) is 9.81. The number of rotatable bonds is 6. The molecule has 0 atom stereocenters. The van der Waals surface area contributed by atoms with E-state index in [0.717, 1.165) is 60.9 Å². The maximum Gasteiger partial charge on any atom is 0.417 e. The van der Waals surface area contributed by atoms with Gasteiger partial charge < -0.3 is 9.13 Å². The maximum atomic E-state index is 14.9. The number of halogens is 6. The van der Waals surface area contributed by atoms with E-state index in [1.165, 1.54) is 18.2 Å². The summed E-state index contributed by atoms with van der Waals surface area (Å²) in [6, 6.07) is 59.4. The molecule has 2 aromatic heterocycles. The Balaban J connectivity index is 1.20. The van der Waals surface area contributed by atoms with Crippen LogP contribution in [0.4, 0.5) is 26.3 Å². The van der Waals surface area contributed by atoms with Crippen molar-refractivity contribution in [2.75, 3.05) is 0 Å². The molecule has 70 heavy (non-hydrogen) atoms. The van der Waals surface area contributed by atoms with Gasteiger partial charge in [-0.15, -0.1) is 0 Å². The van der Waals surface area contributed by atoms with E-state index in [9.17, 15) is 42.1 Å². The zero-order chi connectivity index (χ0) is 48.5. The lowest BCUT2D eigenvalue weighted by Gasteiger charge is -2.22. The Kier molecular flexibility index (Phi) is 10.2. The minimum Gasteiger partial charge on any atom is -0.309 e. The molecule has 0 fully saturated rings. The second-order valence-electron chi connectivity index (χ2n) is 16.9. The van der Waals surface area contributed by atoms with Crippen molar-refractivity contribution < 1.29 is 26.3 Å². The molecular formula is C59H31F6N5. The molecule has 334 valence electrons. The number of benzene rings is 9. The normalized spacial score (nSPS) is 11.8. The van der Waals surface area contributed by atoms with Gasteiger partial charge in [0.2, 0.25) is 0 Å². The van der Waals surface area contributed by atoms with E-state index in [2.05, 4.69) is 18.2 Å². The van der Waals surface area contributed by atoms with Gasteiger partial charge in [-0.2, -0.15) is 42.1 Å². The minimum atomic E-state index is -5.15. The number of nitriles is 3. The predicted octanol–water partition coefficient (Wildman–Crippen LogP) is 16.2. The Labute approximate surface area is 395 Å². The third-order valence-electron chi connectivity index (χ3n) is 12.9. The average molecular weight is 924 g/mol. The van der Waals surface area contributed by atoms with Crippen LogP contribution in [0.2, 0.25) is 0 Å². The van der Waals surface area contributed by atoms with Crippen LogP contribution in [-0.2, 0) is 12.4 Å². The van der Waals surface area contributed by atoms with E-state index in [1.807, 2.05) is 118 Å². The Hall–Kier alpha value is -9.37. The Morgan fingerprint density at radius 3 is 1.39 bits per heavy atom. The van der Waals surface area contributed by atoms with Crippen LogP contribution in [0.3, 0.4) is 0 Å². The van der Waals surface area contributed by atoms with Gasteiger partial charge in [-0.05, 0) is 131 Å². The summed E-state index contributed by atoms with van der Waals surface area (Å²) in [4.78, 5) is 0. The van der Waals surface area contributed by atoms with Gasteiger partial charge in [0.25, 0.3) is 0 Å². The molecule has 0 aliphatic rings. The highest BCUT2D eigenvalue weighted by molar-refractivity contribution is 6.12. The number of fused-ring (bicyclic) bond motifs is 6. The van der Waals surface area contributed by atoms with Crippen molar-refractivity contribution >= 4 is 43.6 Å². The standard InChI is InChI=1S/C59H31F6N5/c60-58(61,62)50-14-7-15-51(59(63,64)65)57(50)41-21-25-56(70-53-17-4-2-13-45(53)48-29-40(20-24-55(48)70)38-11-6-9-36(27-38)33-67)49(30-41)46-31-43(22-18-42(46)34-68)69-52-16-3-1-12-44(52)47-28-39(19-23-54(47)69)37-10-5-8-35(26-37)32-66/h1-31H. The maximum absolute atomic E-state index is 14.9. The Morgan fingerprint density at radius 2 is 0.843 bits per heavy atom. The number of para-hydroxylation sites is 2. The Morgan fingerprint density at radius 1 is 0.357 bits per heavy atom. The molecule has 0 amide bonds. The van der Waals surface area contributed by atoms with Crippen molar-refractivity contribution in [2.45, 2.75) is 12.4 Å². The average Bonchev–Trinajstić information content (AvgIpc) is 3.89. The van der Waals surface area contributed by atoms with E-state index in [0.29, 0.717) is 45.7 Å². The van der Waals surface area contributed by atoms with Crippen LogP contribution < -0.4 is 0 Å². The third kappa shape index (κ3) is 7.18. The van der Waals surface area contributed by atoms with Crippen LogP contribution in [-0.4, -0.2) is 9.13 Å². The fourth-order valence-electron chi connectivity index (χ4n) is 9.81. The van der Waals surface area contributed by atoms with Gasteiger partial charge in [-0.1, -0.05) is 84.9 Å². The molecule has 11 heteroatoms. The minimum absolute atomic E-state index is 0.128. The van der Waals surface area contributed by atoms with Crippen molar-refractivity contribution in [1.29, 1.82) is 15.8 Å². The van der Waals surface area contributed by atoms with E-state index in [-0.39, 0.29) is 22.3 Å². The van der Waals surface area contributed by atoms with Gasteiger partial charge in [-0.3, -0.25) is 0 Å². The summed E-state index contributed by atoms with van der Waals surface area (Å²) in [5.41, 5.74) is 4.58. The fraction of sp³-hybridized carbons (Fsp3) is 0.0339. The molecule has 0 unspecified atom stereocenters. The van der Waals surface area contributed by atoms with Crippen LogP contribution in [0.1, 0.15) is 27.8 Å². The summed E-state index contributed by atoms with van der Waals surface area (Å²) in [5, 5.41) is 33.5. The van der Waals surface area contributed by atoms with Crippen molar-refractivity contribution in [2.24, 2.45) is 0 Å². The van der Waals surface area contributed by atoms with E-state index in [1.54, 1.807) is 42.5 Å². The lowest BCUT2D eigenvalue weighted by atomic mass is 9.89. The van der Waals surface area contributed by atoms with Gasteiger partial charge in [0.15, 0.2) is 0 Å². The van der Waals surface area contributed by atoms with E-state index >= 15 is 0 Å². The Bertz CT molecular complexity index is 4060. The molecule has 0 saturated heterocycles. The van der Waals surface area contributed by atoms with Crippen LogP contribution >= 0.6 is 0 Å². The van der Waals surface area contributed by atoms with Crippen LogP contribution in [0, 0.1) is 34.0 Å². The second kappa shape index (κ2) is 16.4. The monoisotopic (exact) mass is 923 g/mol. The van der Waals surface area contributed by atoms with E-state index in [4.69, 9.17) is 0 Å². The lowest BCUT2D eigenvalue weighted by molar-refractivity contribution is -0.142. The molecule has 0 aliphatic carbocycles. The second-order valence-corrected chi connectivity index (χ2v) is 16.9. The number of aromatic nitrogens is 2. The number of nitrogens with zero attached hydrogens (tertiary/aromatic N) is 5. The smallest absolute Gasteiger partial charge is 0.309 e. The summed E-state index contributed by atoms with van der Waals surface area (Å²) in [6.45, 7) is 0. The zero-order valence-corrected chi connectivity index (χ0v) is 36.4. The quantitative estimate of drug-likeness (QED) is 0.156. The zero-order valence-electron chi connectivity index (χ0n) is 36.4. The van der Waals surface area contributed by atoms with Gasteiger partial charge in [-0.25, -0.2) is 0 Å². The molecule has 0 bridgehead atoms. The molecule has 2 heterocycles. The molecule has 0 saturated carbocycles. The molecule has 0 N–H and O–H groups in total. The van der Waals surface area contributed by atoms with Crippen LogP contribution in [0.15, 0.2) is 188 Å². The molecule has 11 rings (SSSR count). The molecule has 0 radical (unpaired) electrons. The largest absolute Gasteiger partial charge is 0.417 e. The van der Waals surface area contributed by atoms with Gasteiger partial charge in [0.1, 0.15) is 0 Å². The first kappa shape index (κ1) is 43.2. The van der Waals surface area contributed by atoms with Gasteiger partial charge >= 0.3 is 12.4 Å². The highest BCUT2D eigenvalue weighted by Gasteiger charge is 2.41. The third-order valence-corrected chi connectivity index (χ3v) is 12.9. The van der Waals surface area contributed by atoms with Crippen LogP contribution in [0.25, 0.3) is 99.5 Å². The first-order valence-corrected chi connectivity index (χ1v) is 21.9. The predicted molar refractivity (Wildman–Crippen MR) is 261 cm³/mol. The molecule has 9 aromatic carbocycles. The topological polar surface area (TPSA) is 81.2 Å². The van der Waals surface area contributed by atoms with Gasteiger partial charge in [0, 0.05) is 43.9 Å². The van der Waals surface area contributed by atoms with Crippen molar-refractivity contribution in [3.63, 3.8) is 0 Å². The molecule has 0 spiro atoms. The van der Waals surface area contributed by atoms with Crippen molar-refractivity contribution in [3.05, 3.63) is 216 Å². The first-order chi connectivity index (χ1) is 33.8. The SMILES string of the molecule is N#Cc1cccc(-c2ccc3c(c2)c2ccccc2n3-c2ccc(C#N)c(-c3cc(-c4c(C(F)(F)F)cccc4C(F)(F)F)ccc3-n3c4ccccc4c4cc(-c5cccc(C#N)c5)ccc43)c2)c1. The highest BCUT2D eigenvalue weighted by Crippen LogP contribution is 2.48. The van der Waals surface area contributed by atoms with E-state index < -0.39 is 29.0 Å². The number of hydrogen-bond donors (Lipinski definition) is 0. The summed E-state index contributed by atoms with van der Waals surface area (Å²) in [7, 11) is 0. The molecule has 5 nitrogen and oxygen atoms in total.